The number of likely N-dealkylation sites (tertiary alicyclic amines) is 1. The molecule has 1 N–H and O–H groups in total. The summed E-state index contributed by atoms with van der Waals surface area (Å²) in [4.78, 5) is 21.7. The summed E-state index contributed by atoms with van der Waals surface area (Å²) in [5.41, 5.74) is 1.31. The van der Waals surface area contributed by atoms with Gasteiger partial charge in [0.1, 0.15) is 5.75 Å². The number of rotatable bonds is 2. The first kappa shape index (κ1) is 11.6. The molecule has 96 valence electrons. The molecule has 1 fully saturated rings. The number of pyridine rings is 2. The molecule has 0 bridgehead atoms. The van der Waals surface area contributed by atoms with Crippen molar-refractivity contribution >= 4 is 5.91 Å². The highest BCUT2D eigenvalue weighted by Gasteiger charge is 2.33. The van der Waals surface area contributed by atoms with Crippen molar-refractivity contribution in [3.63, 3.8) is 0 Å². The fraction of sp³-hybridized carbons (Fsp3) is 0.214. The van der Waals surface area contributed by atoms with Crippen molar-refractivity contribution in [2.24, 2.45) is 0 Å². The van der Waals surface area contributed by atoms with Crippen LogP contribution in [0, 0.1) is 0 Å². The van der Waals surface area contributed by atoms with E-state index in [2.05, 4.69) is 9.97 Å². The van der Waals surface area contributed by atoms with Gasteiger partial charge in [0.15, 0.2) is 5.69 Å². The molecule has 19 heavy (non-hydrogen) atoms. The van der Waals surface area contributed by atoms with Crippen molar-refractivity contribution < 1.29 is 9.90 Å². The molecule has 1 aliphatic rings. The Balaban J connectivity index is 1.68. The lowest BCUT2D eigenvalue weighted by molar-refractivity contribution is 0.0592. The van der Waals surface area contributed by atoms with Gasteiger partial charge in [-0.05, 0) is 29.8 Å². The first-order valence-electron chi connectivity index (χ1n) is 6.09. The topological polar surface area (TPSA) is 66.3 Å². The van der Waals surface area contributed by atoms with Crippen LogP contribution >= 0.6 is 0 Å². The van der Waals surface area contributed by atoms with Crippen LogP contribution in [0.1, 0.15) is 22.0 Å². The fourth-order valence-electron chi connectivity index (χ4n) is 2.20. The molecule has 2 aromatic heterocycles. The molecule has 0 spiro atoms. The van der Waals surface area contributed by atoms with Crippen LogP contribution in [0.5, 0.6) is 5.75 Å². The van der Waals surface area contributed by atoms with Gasteiger partial charge in [0.05, 0.1) is 0 Å². The predicted molar refractivity (Wildman–Crippen MR) is 68.8 cm³/mol. The Kier molecular flexibility index (Phi) is 2.87. The van der Waals surface area contributed by atoms with E-state index >= 15 is 0 Å². The molecule has 1 amide bonds. The second-order valence-corrected chi connectivity index (χ2v) is 4.56. The second kappa shape index (κ2) is 4.68. The molecule has 0 radical (unpaired) electrons. The van der Waals surface area contributed by atoms with Crippen molar-refractivity contribution in [2.45, 2.75) is 5.92 Å². The first-order valence-corrected chi connectivity index (χ1v) is 6.09. The van der Waals surface area contributed by atoms with Crippen molar-refractivity contribution in [2.75, 3.05) is 13.1 Å². The molecule has 3 rings (SSSR count). The van der Waals surface area contributed by atoms with E-state index in [1.807, 2.05) is 12.1 Å². The van der Waals surface area contributed by atoms with Gasteiger partial charge in [0.2, 0.25) is 0 Å². The van der Waals surface area contributed by atoms with Crippen LogP contribution in [0.15, 0.2) is 42.9 Å². The largest absolute Gasteiger partial charge is 0.505 e. The quantitative estimate of drug-likeness (QED) is 0.881. The lowest BCUT2D eigenvalue weighted by atomic mass is 9.92. The summed E-state index contributed by atoms with van der Waals surface area (Å²) in [6.45, 7) is 1.30. The normalized spacial score (nSPS) is 15.1. The van der Waals surface area contributed by atoms with Gasteiger partial charge in [-0.2, -0.15) is 0 Å². The van der Waals surface area contributed by atoms with E-state index in [4.69, 9.17) is 0 Å². The predicted octanol–water partition coefficient (Wildman–Crippen LogP) is 1.42. The average Bonchev–Trinajstić information content (AvgIpc) is 2.38. The van der Waals surface area contributed by atoms with Crippen LogP contribution in [0.4, 0.5) is 0 Å². The number of amides is 1. The first-order chi connectivity index (χ1) is 9.25. The van der Waals surface area contributed by atoms with Crippen LogP contribution in [0.3, 0.4) is 0 Å². The Bertz CT molecular complexity index is 595. The Hall–Kier alpha value is -2.43. The number of carbonyl (C=O) groups is 1. The van der Waals surface area contributed by atoms with E-state index in [9.17, 15) is 9.90 Å². The Morgan fingerprint density at radius 3 is 2.63 bits per heavy atom. The van der Waals surface area contributed by atoms with Crippen molar-refractivity contribution in [1.29, 1.82) is 0 Å². The molecule has 1 saturated heterocycles. The van der Waals surface area contributed by atoms with Crippen molar-refractivity contribution in [3.8, 4) is 5.75 Å². The summed E-state index contributed by atoms with van der Waals surface area (Å²) in [5, 5.41) is 9.61. The average molecular weight is 255 g/mol. The number of hydrogen-bond acceptors (Lipinski definition) is 4. The minimum atomic E-state index is -0.219. The van der Waals surface area contributed by atoms with Gasteiger partial charge in [-0.3, -0.25) is 9.78 Å². The van der Waals surface area contributed by atoms with E-state index in [0.29, 0.717) is 19.0 Å². The monoisotopic (exact) mass is 255 g/mol. The highest BCUT2D eigenvalue weighted by Crippen LogP contribution is 2.28. The highest BCUT2D eigenvalue weighted by molar-refractivity contribution is 5.95. The molecular formula is C14H13N3O2. The molecular weight excluding hydrogens is 242 g/mol. The van der Waals surface area contributed by atoms with Crippen molar-refractivity contribution in [3.05, 3.63) is 54.1 Å². The molecule has 0 aromatic carbocycles. The van der Waals surface area contributed by atoms with Crippen molar-refractivity contribution in [1.82, 2.24) is 14.9 Å². The summed E-state index contributed by atoms with van der Waals surface area (Å²) in [6, 6.07) is 7.00. The zero-order valence-corrected chi connectivity index (χ0v) is 10.2. The lowest BCUT2D eigenvalue weighted by Crippen LogP contribution is -2.48. The smallest absolute Gasteiger partial charge is 0.276 e. The standard InChI is InChI=1S/C14H13N3O2/c18-12-2-1-5-16-13(12)14(19)17-8-11(9-17)10-3-6-15-7-4-10/h1-7,11,18H,8-9H2. The SMILES string of the molecule is O=C(c1ncccc1O)N1CC(c2ccncc2)C1. The van der Waals surface area contributed by atoms with E-state index < -0.39 is 0 Å². The third kappa shape index (κ3) is 2.14. The Morgan fingerprint density at radius 2 is 1.95 bits per heavy atom. The molecule has 0 aliphatic carbocycles. The van der Waals surface area contributed by atoms with Gasteiger partial charge >= 0.3 is 0 Å². The zero-order valence-electron chi connectivity index (χ0n) is 10.2. The van der Waals surface area contributed by atoms with Gasteiger partial charge in [0, 0.05) is 37.6 Å². The van der Waals surface area contributed by atoms with Crippen LogP contribution < -0.4 is 0 Å². The van der Waals surface area contributed by atoms with Crippen LogP contribution in [-0.2, 0) is 0 Å². The summed E-state index contributed by atoms with van der Waals surface area (Å²) in [6.07, 6.45) is 5.02. The van der Waals surface area contributed by atoms with E-state index in [1.54, 1.807) is 23.4 Å². The molecule has 5 nitrogen and oxygen atoms in total. The van der Waals surface area contributed by atoms with E-state index in [-0.39, 0.29) is 17.4 Å². The fourth-order valence-corrected chi connectivity index (χ4v) is 2.20. The number of nitrogens with zero attached hydrogens (tertiary/aromatic N) is 3. The van der Waals surface area contributed by atoms with Gasteiger partial charge in [0.25, 0.3) is 5.91 Å². The van der Waals surface area contributed by atoms with Gasteiger partial charge in [-0.15, -0.1) is 0 Å². The molecule has 2 aromatic rings. The maximum absolute atomic E-state index is 12.1. The molecule has 5 heteroatoms. The zero-order chi connectivity index (χ0) is 13.2. The molecule has 0 saturated carbocycles. The molecule has 0 atom stereocenters. The van der Waals surface area contributed by atoms with Gasteiger partial charge < -0.3 is 10.0 Å². The maximum atomic E-state index is 12.1. The molecule has 1 aliphatic heterocycles. The summed E-state index contributed by atoms with van der Waals surface area (Å²) in [5.74, 6) is 0.0565. The van der Waals surface area contributed by atoms with Crippen LogP contribution in [0.25, 0.3) is 0 Å². The summed E-state index contributed by atoms with van der Waals surface area (Å²) in [7, 11) is 0. The molecule has 0 unspecified atom stereocenters. The minimum absolute atomic E-state index is 0.0696. The van der Waals surface area contributed by atoms with E-state index in [0.717, 1.165) is 0 Å². The third-order valence-electron chi connectivity index (χ3n) is 3.34. The number of carbonyl (C=O) groups excluding carboxylic acids is 1. The van der Waals surface area contributed by atoms with Gasteiger partial charge in [-0.25, -0.2) is 4.98 Å². The van der Waals surface area contributed by atoms with Crippen LogP contribution in [0.2, 0.25) is 0 Å². The second-order valence-electron chi connectivity index (χ2n) is 4.56. The number of hydrogen-bond donors (Lipinski definition) is 1. The Labute approximate surface area is 110 Å². The lowest BCUT2D eigenvalue weighted by Gasteiger charge is -2.39. The number of aromatic nitrogens is 2. The minimum Gasteiger partial charge on any atom is -0.505 e. The van der Waals surface area contributed by atoms with Crippen LogP contribution in [-0.4, -0.2) is 39.0 Å². The third-order valence-corrected chi connectivity index (χ3v) is 3.34. The maximum Gasteiger partial charge on any atom is 0.276 e. The molecule has 3 heterocycles. The highest BCUT2D eigenvalue weighted by atomic mass is 16.3. The Morgan fingerprint density at radius 1 is 1.21 bits per heavy atom. The van der Waals surface area contributed by atoms with Gasteiger partial charge in [-0.1, -0.05) is 0 Å². The number of aromatic hydroxyl groups is 1. The van der Waals surface area contributed by atoms with E-state index in [1.165, 1.54) is 17.8 Å². The summed E-state index contributed by atoms with van der Waals surface area (Å²) < 4.78 is 0. The summed E-state index contributed by atoms with van der Waals surface area (Å²) >= 11 is 0.